The van der Waals surface area contributed by atoms with E-state index in [0.29, 0.717) is 12.8 Å². The van der Waals surface area contributed by atoms with Crippen molar-refractivity contribution < 1.29 is 0 Å². The molecule has 0 saturated heterocycles. The zero-order chi connectivity index (χ0) is 13.7. The van der Waals surface area contributed by atoms with E-state index in [-0.39, 0.29) is 11.8 Å². The molecule has 0 amide bonds. The number of nitrogens with zero attached hydrogens (tertiary/aromatic N) is 2. The first-order valence-electron chi connectivity index (χ1n) is 6.05. The molecule has 0 N–H and O–H groups in total. The van der Waals surface area contributed by atoms with Crippen molar-refractivity contribution in [3.8, 4) is 12.1 Å². The standard InChI is InChI=1S/C15H17BrN2/c1-10(4-6-17)13-8-12(3)15(16)14(9-13)11(2)5-7-18/h8-11H,4-5H2,1-3H3. The van der Waals surface area contributed by atoms with Gasteiger partial charge in [-0.15, -0.1) is 0 Å². The van der Waals surface area contributed by atoms with Crippen LogP contribution in [0.25, 0.3) is 0 Å². The molecule has 94 valence electrons. The van der Waals surface area contributed by atoms with Gasteiger partial charge in [0.1, 0.15) is 0 Å². The van der Waals surface area contributed by atoms with Crippen LogP contribution in [0.5, 0.6) is 0 Å². The quantitative estimate of drug-likeness (QED) is 0.802. The Hall–Kier alpha value is -1.32. The Kier molecular flexibility index (Phi) is 5.38. The SMILES string of the molecule is Cc1cc(C(C)CC#N)cc(C(C)CC#N)c1Br. The second-order valence-electron chi connectivity index (χ2n) is 4.77. The number of hydrogen-bond acceptors (Lipinski definition) is 2. The summed E-state index contributed by atoms with van der Waals surface area (Å²) in [6.45, 7) is 6.17. The van der Waals surface area contributed by atoms with E-state index >= 15 is 0 Å². The van der Waals surface area contributed by atoms with E-state index < -0.39 is 0 Å². The Bertz CT molecular complexity index is 508. The van der Waals surface area contributed by atoms with Crippen molar-refractivity contribution >= 4 is 15.9 Å². The molecule has 0 aromatic heterocycles. The molecule has 1 aromatic rings. The van der Waals surface area contributed by atoms with Crippen LogP contribution in [-0.4, -0.2) is 0 Å². The van der Waals surface area contributed by atoms with E-state index in [1.807, 2.05) is 0 Å². The third-order valence-electron chi connectivity index (χ3n) is 3.20. The number of hydrogen-bond donors (Lipinski definition) is 0. The van der Waals surface area contributed by atoms with Gasteiger partial charge in [0, 0.05) is 17.3 Å². The van der Waals surface area contributed by atoms with Gasteiger partial charge in [-0.05, 0) is 35.4 Å². The summed E-state index contributed by atoms with van der Waals surface area (Å²) in [6.07, 6.45) is 1.03. The molecule has 1 aromatic carbocycles. The van der Waals surface area contributed by atoms with Gasteiger partial charge in [0.25, 0.3) is 0 Å². The summed E-state index contributed by atoms with van der Waals surface area (Å²) in [4.78, 5) is 0. The summed E-state index contributed by atoms with van der Waals surface area (Å²) in [5.41, 5.74) is 3.51. The first-order chi connectivity index (χ1) is 8.51. The lowest BCUT2D eigenvalue weighted by atomic mass is 9.90. The van der Waals surface area contributed by atoms with Gasteiger partial charge in [-0.3, -0.25) is 0 Å². The average molecular weight is 305 g/mol. The first kappa shape index (κ1) is 14.7. The molecular weight excluding hydrogens is 288 g/mol. The molecule has 0 spiro atoms. The summed E-state index contributed by atoms with van der Waals surface area (Å²) in [5.74, 6) is 0.437. The largest absolute Gasteiger partial charge is 0.198 e. The highest BCUT2D eigenvalue weighted by atomic mass is 79.9. The number of nitriles is 2. The van der Waals surface area contributed by atoms with E-state index in [9.17, 15) is 0 Å². The van der Waals surface area contributed by atoms with Gasteiger partial charge in [0.2, 0.25) is 0 Å². The second kappa shape index (κ2) is 6.57. The van der Waals surface area contributed by atoms with Gasteiger partial charge in [-0.1, -0.05) is 41.9 Å². The maximum atomic E-state index is 8.81. The fraction of sp³-hybridized carbons (Fsp3) is 0.467. The van der Waals surface area contributed by atoms with Crippen molar-refractivity contribution in [3.63, 3.8) is 0 Å². The summed E-state index contributed by atoms with van der Waals surface area (Å²) >= 11 is 3.60. The van der Waals surface area contributed by atoms with Crippen molar-refractivity contribution in [2.45, 2.75) is 45.4 Å². The smallest absolute Gasteiger partial charge is 0.0628 e. The molecule has 0 saturated carbocycles. The normalized spacial score (nSPS) is 13.4. The van der Waals surface area contributed by atoms with E-state index in [1.54, 1.807) is 0 Å². The minimum absolute atomic E-state index is 0.206. The Morgan fingerprint density at radius 1 is 1.11 bits per heavy atom. The lowest BCUT2D eigenvalue weighted by Gasteiger charge is -2.17. The molecule has 2 nitrogen and oxygen atoms in total. The fourth-order valence-corrected chi connectivity index (χ4v) is 2.59. The van der Waals surface area contributed by atoms with Crippen molar-refractivity contribution in [1.82, 2.24) is 0 Å². The molecule has 0 radical (unpaired) electrons. The van der Waals surface area contributed by atoms with E-state index in [1.165, 1.54) is 5.56 Å². The summed E-state index contributed by atoms with van der Waals surface area (Å²) in [5, 5.41) is 17.6. The molecule has 1 rings (SSSR count). The summed E-state index contributed by atoms with van der Waals surface area (Å²) in [6, 6.07) is 8.67. The highest BCUT2D eigenvalue weighted by Gasteiger charge is 2.15. The van der Waals surface area contributed by atoms with Crippen molar-refractivity contribution in [3.05, 3.63) is 33.3 Å². The van der Waals surface area contributed by atoms with Crippen molar-refractivity contribution in [2.75, 3.05) is 0 Å². The number of rotatable bonds is 4. The zero-order valence-corrected chi connectivity index (χ0v) is 12.6. The second-order valence-corrected chi connectivity index (χ2v) is 5.56. The Morgan fingerprint density at radius 2 is 1.67 bits per heavy atom. The summed E-state index contributed by atoms with van der Waals surface area (Å²) < 4.78 is 1.08. The number of benzene rings is 1. The van der Waals surface area contributed by atoms with Gasteiger partial charge in [0.15, 0.2) is 0 Å². The molecule has 2 atom stereocenters. The maximum absolute atomic E-state index is 8.81. The van der Waals surface area contributed by atoms with Gasteiger partial charge in [-0.2, -0.15) is 10.5 Å². The van der Waals surface area contributed by atoms with Crippen LogP contribution in [0.15, 0.2) is 16.6 Å². The van der Waals surface area contributed by atoms with Gasteiger partial charge < -0.3 is 0 Å². The number of aryl methyl sites for hydroxylation is 1. The molecule has 0 aliphatic rings. The lowest BCUT2D eigenvalue weighted by molar-refractivity contribution is 0.757. The first-order valence-corrected chi connectivity index (χ1v) is 6.84. The van der Waals surface area contributed by atoms with Crippen molar-refractivity contribution in [2.24, 2.45) is 0 Å². The molecule has 0 aliphatic heterocycles. The highest BCUT2D eigenvalue weighted by Crippen LogP contribution is 2.33. The van der Waals surface area contributed by atoms with Crippen LogP contribution in [-0.2, 0) is 0 Å². The Labute approximate surface area is 117 Å². The monoisotopic (exact) mass is 304 g/mol. The van der Waals surface area contributed by atoms with Crippen LogP contribution >= 0.6 is 15.9 Å². The van der Waals surface area contributed by atoms with Crippen LogP contribution in [0, 0.1) is 29.6 Å². The van der Waals surface area contributed by atoms with Crippen LogP contribution in [0.3, 0.4) is 0 Å². The van der Waals surface area contributed by atoms with Crippen LogP contribution < -0.4 is 0 Å². The summed E-state index contributed by atoms with van der Waals surface area (Å²) in [7, 11) is 0. The predicted octanol–water partition coefficient (Wildman–Crippen LogP) is 4.79. The molecule has 2 unspecified atom stereocenters. The third-order valence-corrected chi connectivity index (χ3v) is 4.28. The molecule has 0 bridgehead atoms. The predicted molar refractivity (Wildman–Crippen MR) is 76.2 cm³/mol. The average Bonchev–Trinajstić information content (AvgIpc) is 2.32. The van der Waals surface area contributed by atoms with Gasteiger partial charge in [-0.25, -0.2) is 0 Å². The Morgan fingerprint density at radius 3 is 2.22 bits per heavy atom. The topological polar surface area (TPSA) is 47.6 Å². The van der Waals surface area contributed by atoms with E-state index in [2.05, 4.69) is 61.0 Å². The highest BCUT2D eigenvalue weighted by molar-refractivity contribution is 9.10. The number of halogens is 1. The maximum Gasteiger partial charge on any atom is 0.0628 e. The molecule has 18 heavy (non-hydrogen) atoms. The molecule has 3 heteroatoms. The van der Waals surface area contributed by atoms with Gasteiger partial charge in [0.05, 0.1) is 12.1 Å². The minimum Gasteiger partial charge on any atom is -0.198 e. The van der Waals surface area contributed by atoms with Crippen LogP contribution in [0.4, 0.5) is 0 Å². The molecular formula is C15H17BrN2. The fourth-order valence-electron chi connectivity index (χ4n) is 1.97. The van der Waals surface area contributed by atoms with E-state index in [0.717, 1.165) is 15.6 Å². The van der Waals surface area contributed by atoms with Crippen LogP contribution in [0.2, 0.25) is 0 Å². The van der Waals surface area contributed by atoms with E-state index in [4.69, 9.17) is 10.5 Å². The van der Waals surface area contributed by atoms with Crippen LogP contribution in [0.1, 0.15) is 55.2 Å². The minimum atomic E-state index is 0.206. The Balaban J connectivity index is 3.19. The molecule has 0 fully saturated rings. The van der Waals surface area contributed by atoms with Crippen molar-refractivity contribution in [1.29, 1.82) is 10.5 Å². The third kappa shape index (κ3) is 3.34. The lowest BCUT2D eigenvalue weighted by Crippen LogP contribution is -2.00. The molecule has 0 heterocycles. The van der Waals surface area contributed by atoms with Gasteiger partial charge >= 0.3 is 0 Å². The zero-order valence-electron chi connectivity index (χ0n) is 11.0. The molecule has 0 aliphatic carbocycles.